The topological polar surface area (TPSA) is 44.8 Å². The van der Waals surface area contributed by atoms with E-state index in [2.05, 4.69) is 0 Å². The fourth-order valence-corrected chi connectivity index (χ4v) is 6.02. The first-order chi connectivity index (χ1) is 11.6. The van der Waals surface area contributed by atoms with Gasteiger partial charge in [-0.1, -0.05) is 0 Å². The molecule has 0 saturated heterocycles. The molecular weight excluding hydrogens is 304 g/mol. The molecule has 0 N–H and O–H groups in total. The highest BCUT2D eigenvalue weighted by Gasteiger charge is 2.52. The zero-order valence-corrected chi connectivity index (χ0v) is 14.8. The molecule has 4 fully saturated rings. The normalized spacial score (nSPS) is 33.4. The van der Waals surface area contributed by atoms with Crippen molar-refractivity contribution in [2.75, 3.05) is 21.3 Å². The molecule has 0 atom stereocenters. The Balaban J connectivity index is 1.83. The van der Waals surface area contributed by atoms with E-state index in [1.54, 1.807) is 14.2 Å². The molecule has 0 radical (unpaired) electrons. The maximum Gasteiger partial charge on any atom is 0.341 e. The first kappa shape index (κ1) is 15.8. The Bertz CT molecular complexity index is 629. The Morgan fingerprint density at radius 3 is 1.92 bits per heavy atom. The van der Waals surface area contributed by atoms with Crippen LogP contribution in [0.5, 0.6) is 11.5 Å². The Labute approximate surface area is 143 Å². The van der Waals surface area contributed by atoms with E-state index in [9.17, 15) is 4.79 Å². The van der Waals surface area contributed by atoms with Crippen molar-refractivity contribution >= 4 is 5.97 Å². The van der Waals surface area contributed by atoms with Crippen molar-refractivity contribution in [2.45, 2.75) is 43.9 Å². The van der Waals surface area contributed by atoms with Gasteiger partial charge in [-0.25, -0.2) is 4.79 Å². The zero-order chi connectivity index (χ0) is 16.9. The third-order valence-corrected chi connectivity index (χ3v) is 6.54. The van der Waals surface area contributed by atoms with E-state index in [1.165, 1.54) is 51.2 Å². The van der Waals surface area contributed by atoms with E-state index >= 15 is 0 Å². The van der Waals surface area contributed by atoms with Crippen molar-refractivity contribution in [1.82, 2.24) is 0 Å². The molecule has 0 heterocycles. The lowest BCUT2D eigenvalue weighted by Crippen LogP contribution is -2.48. The lowest BCUT2D eigenvalue weighted by atomic mass is 9.48. The lowest BCUT2D eigenvalue weighted by Gasteiger charge is -2.57. The van der Waals surface area contributed by atoms with Crippen molar-refractivity contribution in [3.63, 3.8) is 0 Å². The second-order valence-electron chi connectivity index (χ2n) is 7.94. The number of benzene rings is 1. The van der Waals surface area contributed by atoms with Crippen LogP contribution in [0.15, 0.2) is 12.1 Å². The summed E-state index contributed by atoms with van der Waals surface area (Å²) in [6.07, 6.45) is 7.84. The Hall–Kier alpha value is -1.71. The maximum atomic E-state index is 12.2. The summed E-state index contributed by atoms with van der Waals surface area (Å²) in [5, 5.41) is 0. The summed E-state index contributed by atoms with van der Waals surface area (Å²) in [5.74, 6) is 3.54. The number of rotatable bonds is 4. The van der Waals surface area contributed by atoms with Gasteiger partial charge >= 0.3 is 5.97 Å². The van der Waals surface area contributed by atoms with Gasteiger partial charge in [0, 0.05) is 11.6 Å². The van der Waals surface area contributed by atoms with Crippen molar-refractivity contribution in [3.8, 4) is 11.5 Å². The van der Waals surface area contributed by atoms with Gasteiger partial charge < -0.3 is 14.2 Å². The fraction of sp³-hybridized carbons (Fsp3) is 0.650. The second kappa shape index (κ2) is 5.68. The highest BCUT2D eigenvalue weighted by atomic mass is 16.5. The van der Waals surface area contributed by atoms with Crippen molar-refractivity contribution in [2.24, 2.45) is 17.8 Å². The summed E-state index contributed by atoms with van der Waals surface area (Å²) in [6, 6.07) is 3.84. The monoisotopic (exact) mass is 330 g/mol. The first-order valence-electron chi connectivity index (χ1n) is 8.93. The molecule has 0 spiro atoms. The zero-order valence-electron chi connectivity index (χ0n) is 14.8. The number of hydrogen-bond acceptors (Lipinski definition) is 4. The van der Waals surface area contributed by atoms with Crippen LogP contribution in [-0.4, -0.2) is 27.3 Å². The summed E-state index contributed by atoms with van der Waals surface area (Å²) in [5.41, 5.74) is 1.85. The number of ether oxygens (including phenoxy) is 3. The minimum atomic E-state index is -0.347. The molecule has 130 valence electrons. The maximum absolute atomic E-state index is 12.2. The van der Waals surface area contributed by atoms with E-state index < -0.39 is 0 Å². The average Bonchev–Trinajstić information content (AvgIpc) is 2.58. The van der Waals surface area contributed by atoms with Gasteiger partial charge in [0.15, 0.2) is 0 Å². The number of carbonyl (C=O) groups excluding carboxylic acids is 1. The molecule has 0 aliphatic heterocycles. The van der Waals surface area contributed by atoms with Crippen molar-refractivity contribution in [1.29, 1.82) is 0 Å². The van der Waals surface area contributed by atoms with E-state index in [-0.39, 0.29) is 11.4 Å². The largest absolute Gasteiger partial charge is 0.496 e. The van der Waals surface area contributed by atoms with Crippen molar-refractivity contribution < 1.29 is 19.0 Å². The summed E-state index contributed by atoms with van der Waals surface area (Å²) in [7, 11) is 4.69. The predicted octanol–water partition coefficient (Wildman–Crippen LogP) is 3.96. The molecule has 1 aromatic carbocycles. The quantitative estimate of drug-likeness (QED) is 0.784. The molecule has 4 saturated carbocycles. The van der Waals surface area contributed by atoms with Crippen LogP contribution in [0.1, 0.15) is 54.4 Å². The second-order valence-corrected chi connectivity index (χ2v) is 7.94. The minimum Gasteiger partial charge on any atom is -0.496 e. The van der Waals surface area contributed by atoms with Crippen LogP contribution in [0.4, 0.5) is 0 Å². The third-order valence-electron chi connectivity index (χ3n) is 6.54. The smallest absolute Gasteiger partial charge is 0.341 e. The highest BCUT2D eigenvalue weighted by molar-refractivity contribution is 5.93. The number of esters is 1. The van der Waals surface area contributed by atoms with Crippen molar-refractivity contribution in [3.05, 3.63) is 23.3 Å². The Morgan fingerprint density at radius 2 is 1.46 bits per heavy atom. The minimum absolute atomic E-state index is 0.162. The van der Waals surface area contributed by atoms with Gasteiger partial charge in [0.2, 0.25) is 0 Å². The molecule has 4 nitrogen and oxygen atoms in total. The van der Waals surface area contributed by atoms with Gasteiger partial charge in [0.1, 0.15) is 17.1 Å². The molecule has 24 heavy (non-hydrogen) atoms. The first-order valence-corrected chi connectivity index (χ1v) is 8.93. The average molecular weight is 330 g/mol. The van der Waals surface area contributed by atoms with Gasteiger partial charge in [-0.15, -0.1) is 0 Å². The van der Waals surface area contributed by atoms with Crippen LogP contribution in [0.2, 0.25) is 0 Å². The summed E-state index contributed by atoms with van der Waals surface area (Å²) >= 11 is 0. The van der Waals surface area contributed by atoms with Crippen LogP contribution in [0.3, 0.4) is 0 Å². The summed E-state index contributed by atoms with van der Waals surface area (Å²) in [4.78, 5) is 12.2. The standard InChI is InChI=1S/C20H26O4/c1-22-17-8-18(23-2)16(7-15(17)19(21)24-3)20-9-12-4-13(10-20)6-14(5-12)11-20/h7-8,12-14H,4-6,9-11H2,1-3H3. The van der Waals surface area contributed by atoms with E-state index in [0.717, 1.165) is 23.5 Å². The van der Waals surface area contributed by atoms with Crippen LogP contribution in [0, 0.1) is 17.8 Å². The molecule has 4 heteroatoms. The molecule has 1 aromatic rings. The van der Waals surface area contributed by atoms with E-state index in [0.29, 0.717) is 11.3 Å². The van der Waals surface area contributed by atoms with Gasteiger partial charge in [0.05, 0.1) is 21.3 Å². The molecule has 4 aliphatic carbocycles. The van der Waals surface area contributed by atoms with Gasteiger partial charge in [-0.3, -0.25) is 0 Å². The number of methoxy groups -OCH3 is 3. The predicted molar refractivity (Wildman–Crippen MR) is 90.7 cm³/mol. The third kappa shape index (κ3) is 2.30. The molecule has 4 bridgehead atoms. The molecule has 5 rings (SSSR count). The Kier molecular flexibility index (Phi) is 3.74. The SMILES string of the molecule is COC(=O)c1cc(C23CC4CC(CC(C4)C2)C3)c(OC)cc1OC. The van der Waals surface area contributed by atoms with Gasteiger partial charge in [0.25, 0.3) is 0 Å². The van der Waals surface area contributed by atoms with Crippen LogP contribution in [-0.2, 0) is 10.2 Å². The number of hydrogen-bond donors (Lipinski definition) is 0. The lowest BCUT2D eigenvalue weighted by molar-refractivity contribution is -0.00621. The molecule has 0 aromatic heterocycles. The van der Waals surface area contributed by atoms with E-state index in [4.69, 9.17) is 14.2 Å². The summed E-state index contributed by atoms with van der Waals surface area (Å²) in [6.45, 7) is 0. The molecule has 0 unspecified atom stereocenters. The fourth-order valence-electron chi connectivity index (χ4n) is 6.02. The van der Waals surface area contributed by atoms with Crippen LogP contribution in [0.25, 0.3) is 0 Å². The number of carbonyl (C=O) groups is 1. The molecular formula is C20H26O4. The van der Waals surface area contributed by atoms with Crippen LogP contribution < -0.4 is 9.47 Å². The molecule has 4 aliphatic rings. The van der Waals surface area contributed by atoms with E-state index in [1.807, 2.05) is 12.1 Å². The summed E-state index contributed by atoms with van der Waals surface area (Å²) < 4.78 is 16.1. The van der Waals surface area contributed by atoms with Crippen LogP contribution >= 0.6 is 0 Å². The molecule has 0 amide bonds. The Morgan fingerprint density at radius 1 is 0.917 bits per heavy atom. The highest BCUT2D eigenvalue weighted by Crippen LogP contribution is 2.62. The van der Waals surface area contributed by atoms with Gasteiger partial charge in [-0.2, -0.15) is 0 Å². The van der Waals surface area contributed by atoms with Gasteiger partial charge in [-0.05, 0) is 67.8 Å².